The standard InChI is InChI=1S/C9H12N2O4/c12-8(13)2-1-7-5-10-6-11(7)4-3-9(14)15/h5-6H,1-4H2,(H,12,13)(H,14,15). The van der Waals surface area contributed by atoms with Crippen LogP contribution in [0.4, 0.5) is 0 Å². The molecule has 15 heavy (non-hydrogen) atoms. The fraction of sp³-hybridized carbons (Fsp3) is 0.444. The molecule has 2 N–H and O–H groups in total. The molecule has 1 aromatic heterocycles. The van der Waals surface area contributed by atoms with Crippen LogP contribution in [0, 0.1) is 0 Å². The highest BCUT2D eigenvalue weighted by atomic mass is 16.4. The van der Waals surface area contributed by atoms with Gasteiger partial charge in [0.05, 0.1) is 19.2 Å². The van der Waals surface area contributed by atoms with Crippen LogP contribution in [0.2, 0.25) is 0 Å². The lowest BCUT2D eigenvalue weighted by Gasteiger charge is -2.04. The topological polar surface area (TPSA) is 92.4 Å². The zero-order chi connectivity index (χ0) is 11.3. The number of nitrogens with zero attached hydrogens (tertiary/aromatic N) is 2. The van der Waals surface area contributed by atoms with Gasteiger partial charge in [0.2, 0.25) is 0 Å². The average molecular weight is 212 g/mol. The monoisotopic (exact) mass is 212 g/mol. The SMILES string of the molecule is O=C(O)CCc1cncn1CCC(=O)O. The van der Waals surface area contributed by atoms with Gasteiger partial charge in [-0.3, -0.25) is 9.59 Å². The molecule has 0 fully saturated rings. The molecule has 0 saturated carbocycles. The van der Waals surface area contributed by atoms with Crippen molar-refractivity contribution in [2.24, 2.45) is 0 Å². The van der Waals surface area contributed by atoms with Crippen molar-refractivity contribution in [3.05, 3.63) is 18.2 Å². The number of aryl methyl sites for hydroxylation is 2. The van der Waals surface area contributed by atoms with Gasteiger partial charge < -0.3 is 14.8 Å². The Bertz CT molecular complexity index is 326. The lowest BCUT2D eigenvalue weighted by Crippen LogP contribution is -2.08. The summed E-state index contributed by atoms with van der Waals surface area (Å²) >= 11 is 0. The molecule has 6 heteroatoms. The van der Waals surface area contributed by atoms with Crippen molar-refractivity contribution in [1.82, 2.24) is 9.55 Å². The Balaban J connectivity index is 2.53. The van der Waals surface area contributed by atoms with E-state index in [1.54, 1.807) is 10.8 Å². The van der Waals surface area contributed by atoms with E-state index in [1.165, 1.54) is 6.33 Å². The van der Waals surface area contributed by atoms with Crippen LogP contribution in [0.3, 0.4) is 0 Å². The van der Waals surface area contributed by atoms with Crippen molar-refractivity contribution in [3.63, 3.8) is 0 Å². The minimum absolute atomic E-state index is 0.0103. The number of carboxylic acid groups (broad SMARTS) is 2. The van der Waals surface area contributed by atoms with Crippen molar-refractivity contribution >= 4 is 11.9 Å². The van der Waals surface area contributed by atoms with Crippen LogP contribution in [-0.4, -0.2) is 31.7 Å². The van der Waals surface area contributed by atoms with E-state index in [2.05, 4.69) is 4.98 Å². The number of hydrogen-bond acceptors (Lipinski definition) is 3. The second-order valence-electron chi connectivity index (χ2n) is 3.12. The zero-order valence-corrected chi connectivity index (χ0v) is 8.09. The van der Waals surface area contributed by atoms with Crippen molar-refractivity contribution in [1.29, 1.82) is 0 Å². The predicted molar refractivity (Wildman–Crippen MR) is 50.4 cm³/mol. The van der Waals surface area contributed by atoms with Crippen molar-refractivity contribution < 1.29 is 19.8 Å². The molecule has 0 spiro atoms. The molecular weight excluding hydrogens is 200 g/mol. The summed E-state index contributed by atoms with van der Waals surface area (Å²) in [6.45, 7) is 0.324. The summed E-state index contributed by atoms with van der Waals surface area (Å²) in [5, 5.41) is 17.0. The normalized spacial score (nSPS) is 10.1. The Hall–Kier alpha value is -1.85. The van der Waals surface area contributed by atoms with Gasteiger partial charge in [-0.05, 0) is 6.42 Å². The van der Waals surface area contributed by atoms with Gasteiger partial charge in [-0.1, -0.05) is 0 Å². The molecule has 0 unspecified atom stereocenters. The van der Waals surface area contributed by atoms with Crippen LogP contribution in [0.15, 0.2) is 12.5 Å². The highest BCUT2D eigenvalue weighted by Crippen LogP contribution is 2.04. The summed E-state index contributed by atoms with van der Waals surface area (Å²) in [6, 6.07) is 0. The molecule has 0 atom stereocenters. The highest BCUT2D eigenvalue weighted by Gasteiger charge is 2.06. The molecule has 0 radical (unpaired) electrons. The first-order valence-electron chi connectivity index (χ1n) is 4.52. The number of aliphatic carboxylic acids is 2. The third-order valence-electron chi connectivity index (χ3n) is 1.96. The molecule has 6 nitrogen and oxygen atoms in total. The van der Waals surface area contributed by atoms with Gasteiger partial charge in [0.15, 0.2) is 0 Å². The van der Waals surface area contributed by atoms with Gasteiger partial charge >= 0.3 is 11.9 Å². The second-order valence-corrected chi connectivity index (χ2v) is 3.12. The van der Waals surface area contributed by atoms with Gasteiger partial charge in [-0.2, -0.15) is 0 Å². The number of imidazole rings is 1. The fourth-order valence-electron chi connectivity index (χ4n) is 1.21. The number of rotatable bonds is 6. The molecule has 0 aliphatic heterocycles. The lowest BCUT2D eigenvalue weighted by molar-refractivity contribution is -0.138. The number of carbonyl (C=O) groups is 2. The Morgan fingerprint density at radius 3 is 2.53 bits per heavy atom. The van der Waals surface area contributed by atoms with Crippen molar-refractivity contribution in [2.45, 2.75) is 25.8 Å². The van der Waals surface area contributed by atoms with E-state index in [-0.39, 0.29) is 12.8 Å². The van der Waals surface area contributed by atoms with Gasteiger partial charge in [-0.15, -0.1) is 0 Å². The van der Waals surface area contributed by atoms with E-state index in [0.29, 0.717) is 13.0 Å². The predicted octanol–water partition coefficient (Wildman–Crippen LogP) is 0.375. The van der Waals surface area contributed by atoms with Gasteiger partial charge in [-0.25, -0.2) is 4.98 Å². The van der Waals surface area contributed by atoms with E-state index in [4.69, 9.17) is 10.2 Å². The highest BCUT2D eigenvalue weighted by molar-refractivity contribution is 5.67. The molecule has 0 amide bonds. The Kier molecular flexibility index (Phi) is 3.84. The Labute approximate surface area is 86.2 Å². The molecule has 0 aliphatic carbocycles. The number of aromatic nitrogens is 2. The number of carboxylic acids is 2. The molecule has 0 aliphatic rings. The zero-order valence-electron chi connectivity index (χ0n) is 8.09. The van der Waals surface area contributed by atoms with E-state index < -0.39 is 11.9 Å². The van der Waals surface area contributed by atoms with E-state index in [0.717, 1.165) is 5.69 Å². The summed E-state index contributed by atoms with van der Waals surface area (Å²) in [6.07, 6.45) is 3.48. The van der Waals surface area contributed by atoms with Crippen LogP contribution in [0.1, 0.15) is 18.5 Å². The van der Waals surface area contributed by atoms with Crippen molar-refractivity contribution in [2.75, 3.05) is 0 Å². The first-order valence-corrected chi connectivity index (χ1v) is 4.52. The van der Waals surface area contributed by atoms with Crippen LogP contribution >= 0.6 is 0 Å². The summed E-state index contributed by atoms with van der Waals surface area (Å²) in [5.74, 6) is -1.76. The maximum Gasteiger partial charge on any atom is 0.305 e. The quantitative estimate of drug-likeness (QED) is 0.710. The van der Waals surface area contributed by atoms with Gasteiger partial charge in [0.25, 0.3) is 0 Å². The molecule has 0 aromatic carbocycles. The summed E-state index contributed by atoms with van der Waals surface area (Å²) in [5.41, 5.74) is 0.749. The second kappa shape index (κ2) is 5.14. The summed E-state index contributed by atoms with van der Waals surface area (Å²) in [7, 11) is 0. The van der Waals surface area contributed by atoms with Crippen LogP contribution < -0.4 is 0 Å². The average Bonchev–Trinajstić information content (AvgIpc) is 2.58. The minimum Gasteiger partial charge on any atom is -0.481 e. The molecule has 1 aromatic rings. The van der Waals surface area contributed by atoms with E-state index in [1.807, 2.05) is 0 Å². The third-order valence-corrected chi connectivity index (χ3v) is 1.96. The van der Waals surface area contributed by atoms with E-state index in [9.17, 15) is 9.59 Å². The van der Waals surface area contributed by atoms with Crippen LogP contribution in [0.25, 0.3) is 0 Å². The molecule has 0 saturated heterocycles. The smallest absolute Gasteiger partial charge is 0.305 e. The molecule has 82 valence electrons. The van der Waals surface area contributed by atoms with Gasteiger partial charge in [0, 0.05) is 18.4 Å². The third kappa shape index (κ3) is 3.80. The first kappa shape index (κ1) is 11.2. The summed E-state index contributed by atoms with van der Waals surface area (Å²) in [4.78, 5) is 24.5. The van der Waals surface area contributed by atoms with Crippen LogP contribution in [0.5, 0.6) is 0 Å². The Morgan fingerprint density at radius 2 is 1.93 bits per heavy atom. The minimum atomic E-state index is -0.882. The van der Waals surface area contributed by atoms with Crippen LogP contribution in [-0.2, 0) is 22.6 Å². The molecular formula is C9H12N2O4. The first-order chi connectivity index (χ1) is 7.09. The largest absolute Gasteiger partial charge is 0.481 e. The molecule has 0 bridgehead atoms. The fourth-order valence-corrected chi connectivity index (χ4v) is 1.21. The maximum atomic E-state index is 10.3. The van der Waals surface area contributed by atoms with Crippen molar-refractivity contribution in [3.8, 4) is 0 Å². The molecule has 1 heterocycles. The van der Waals surface area contributed by atoms with E-state index >= 15 is 0 Å². The maximum absolute atomic E-state index is 10.3. The Morgan fingerprint density at radius 1 is 1.27 bits per heavy atom. The molecule has 1 rings (SSSR count). The lowest BCUT2D eigenvalue weighted by atomic mass is 10.2. The van der Waals surface area contributed by atoms with Gasteiger partial charge in [0.1, 0.15) is 0 Å². The number of hydrogen-bond donors (Lipinski definition) is 2. The summed E-state index contributed by atoms with van der Waals surface area (Å²) < 4.78 is 1.66.